The Bertz CT molecular complexity index is 770. The summed E-state index contributed by atoms with van der Waals surface area (Å²) in [6.45, 7) is 1.98. The van der Waals surface area contributed by atoms with Crippen molar-refractivity contribution >= 4 is 46.0 Å². The highest BCUT2D eigenvalue weighted by atomic mass is 32.2. The van der Waals surface area contributed by atoms with E-state index in [0.717, 1.165) is 26.3 Å². The van der Waals surface area contributed by atoms with Crippen molar-refractivity contribution < 1.29 is 4.79 Å². The molecule has 0 aliphatic carbocycles. The first kappa shape index (κ1) is 15.1. The Balaban J connectivity index is 1.63. The normalized spacial score (nSPS) is 10.6. The molecular weight excluding hydrogens is 336 g/mol. The molecule has 0 aliphatic heterocycles. The van der Waals surface area contributed by atoms with Crippen molar-refractivity contribution in [2.75, 3.05) is 11.1 Å². The molecule has 1 aromatic carbocycles. The van der Waals surface area contributed by atoms with Crippen LogP contribution in [0.3, 0.4) is 0 Å². The third kappa shape index (κ3) is 3.90. The minimum atomic E-state index is -0.0631. The second-order valence-electron chi connectivity index (χ2n) is 4.37. The smallest absolute Gasteiger partial charge is 0.234 e. The summed E-state index contributed by atoms with van der Waals surface area (Å²) >= 11 is 4.42. The van der Waals surface area contributed by atoms with Gasteiger partial charge in [-0.05, 0) is 19.1 Å². The van der Waals surface area contributed by atoms with Crippen LogP contribution in [-0.4, -0.2) is 26.8 Å². The molecule has 0 unspecified atom stereocenters. The van der Waals surface area contributed by atoms with Gasteiger partial charge in [-0.3, -0.25) is 4.79 Å². The molecule has 3 aromatic rings. The molecule has 0 bridgehead atoms. The maximum absolute atomic E-state index is 12.0. The number of anilines is 1. The Morgan fingerprint density at radius 3 is 3.00 bits per heavy atom. The molecule has 8 heteroatoms. The number of carbonyl (C=O) groups is 1. The molecule has 112 valence electrons. The van der Waals surface area contributed by atoms with Gasteiger partial charge in [-0.1, -0.05) is 35.2 Å². The summed E-state index contributed by atoms with van der Waals surface area (Å²) in [6.07, 6.45) is 0. The zero-order chi connectivity index (χ0) is 15.4. The maximum Gasteiger partial charge on any atom is 0.234 e. The molecule has 0 radical (unpaired) electrons. The number of aryl methyl sites for hydroxylation is 1. The lowest BCUT2D eigenvalue weighted by Gasteiger charge is -2.05. The SMILES string of the molecule is Cc1nc(-c2cccc(NC(=O)CSc3nncs3)c2)cs1. The first-order valence-corrected chi connectivity index (χ1v) is 9.16. The summed E-state index contributed by atoms with van der Waals surface area (Å²) in [4.78, 5) is 16.4. The lowest BCUT2D eigenvalue weighted by Crippen LogP contribution is -2.13. The molecule has 1 amide bonds. The lowest BCUT2D eigenvalue weighted by atomic mass is 10.1. The summed E-state index contributed by atoms with van der Waals surface area (Å²) in [5.41, 5.74) is 4.35. The molecule has 0 aliphatic rings. The summed E-state index contributed by atoms with van der Waals surface area (Å²) in [7, 11) is 0. The quantitative estimate of drug-likeness (QED) is 0.712. The first-order valence-electron chi connectivity index (χ1n) is 6.42. The van der Waals surface area contributed by atoms with Gasteiger partial charge in [0.05, 0.1) is 16.5 Å². The highest BCUT2D eigenvalue weighted by Gasteiger charge is 2.07. The fraction of sp³-hybridized carbons (Fsp3) is 0.143. The van der Waals surface area contributed by atoms with Crippen LogP contribution in [0.4, 0.5) is 5.69 Å². The van der Waals surface area contributed by atoms with Gasteiger partial charge in [0.1, 0.15) is 5.51 Å². The highest BCUT2D eigenvalue weighted by Crippen LogP contribution is 2.24. The topological polar surface area (TPSA) is 67.8 Å². The lowest BCUT2D eigenvalue weighted by molar-refractivity contribution is -0.113. The predicted molar refractivity (Wildman–Crippen MR) is 91.5 cm³/mol. The number of thioether (sulfide) groups is 1. The van der Waals surface area contributed by atoms with Crippen molar-refractivity contribution in [2.24, 2.45) is 0 Å². The van der Waals surface area contributed by atoms with Crippen molar-refractivity contribution in [3.05, 3.63) is 40.2 Å². The van der Waals surface area contributed by atoms with E-state index in [1.807, 2.05) is 36.6 Å². The number of rotatable bonds is 5. The van der Waals surface area contributed by atoms with Crippen LogP contribution in [0.25, 0.3) is 11.3 Å². The van der Waals surface area contributed by atoms with Crippen molar-refractivity contribution in [1.82, 2.24) is 15.2 Å². The average molecular weight is 348 g/mol. The van der Waals surface area contributed by atoms with Gasteiger partial charge in [0.25, 0.3) is 0 Å². The van der Waals surface area contributed by atoms with Gasteiger partial charge in [0.2, 0.25) is 5.91 Å². The Hall–Kier alpha value is -1.77. The first-order chi connectivity index (χ1) is 10.7. The maximum atomic E-state index is 12.0. The molecule has 0 fully saturated rings. The van der Waals surface area contributed by atoms with E-state index in [2.05, 4.69) is 20.5 Å². The van der Waals surface area contributed by atoms with E-state index in [1.54, 1.807) is 16.8 Å². The van der Waals surface area contributed by atoms with Crippen LogP contribution >= 0.6 is 34.4 Å². The van der Waals surface area contributed by atoms with Crippen LogP contribution in [0.5, 0.6) is 0 Å². The van der Waals surface area contributed by atoms with Crippen molar-refractivity contribution in [3.63, 3.8) is 0 Å². The monoisotopic (exact) mass is 348 g/mol. The van der Waals surface area contributed by atoms with Crippen LogP contribution < -0.4 is 5.32 Å². The number of nitrogens with zero attached hydrogens (tertiary/aromatic N) is 3. The van der Waals surface area contributed by atoms with Crippen LogP contribution in [0, 0.1) is 6.92 Å². The fourth-order valence-electron chi connectivity index (χ4n) is 1.80. The number of aromatic nitrogens is 3. The Kier molecular flexibility index (Phi) is 4.81. The molecule has 0 spiro atoms. The largest absolute Gasteiger partial charge is 0.325 e. The number of hydrogen-bond donors (Lipinski definition) is 1. The number of thiazole rings is 1. The number of amides is 1. The van der Waals surface area contributed by atoms with Gasteiger partial charge in [0, 0.05) is 16.6 Å². The van der Waals surface area contributed by atoms with E-state index in [9.17, 15) is 4.79 Å². The number of carbonyl (C=O) groups excluding carboxylic acids is 1. The van der Waals surface area contributed by atoms with Crippen molar-refractivity contribution in [1.29, 1.82) is 0 Å². The average Bonchev–Trinajstić information content (AvgIpc) is 3.17. The fourth-order valence-corrected chi connectivity index (χ4v) is 3.71. The van der Waals surface area contributed by atoms with E-state index >= 15 is 0 Å². The van der Waals surface area contributed by atoms with Crippen molar-refractivity contribution in [2.45, 2.75) is 11.3 Å². The molecule has 0 atom stereocenters. The van der Waals surface area contributed by atoms with Crippen LogP contribution in [0.1, 0.15) is 5.01 Å². The van der Waals surface area contributed by atoms with Gasteiger partial charge >= 0.3 is 0 Å². The van der Waals surface area contributed by atoms with E-state index in [4.69, 9.17) is 0 Å². The standard InChI is InChI=1S/C14H12N4OS3/c1-9-16-12(6-20-9)10-3-2-4-11(5-10)17-13(19)7-21-14-18-15-8-22-14/h2-6,8H,7H2,1H3,(H,17,19). The van der Waals surface area contributed by atoms with Crippen LogP contribution in [0.2, 0.25) is 0 Å². The Labute approximate surface area is 139 Å². The zero-order valence-corrected chi connectivity index (χ0v) is 14.1. The molecule has 22 heavy (non-hydrogen) atoms. The van der Waals surface area contributed by atoms with Gasteiger partial charge in [-0.15, -0.1) is 21.5 Å². The summed E-state index contributed by atoms with van der Waals surface area (Å²) in [6, 6.07) is 7.70. The van der Waals surface area contributed by atoms with Crippen LogP contribution in [0.15, 0.2) is 39.5 Å². The van der Waals surface area contributed by atoms with Gasteiger partial charge in [-0.2, -0.15) is 0 Å². The van der Waals surface area contributed by atoms with E-state index < -0.39 is 0 Å². The molecule has 5 nitrogen and oxygen atoms in total. The number of benzene rings is 1. The minimum Gasteiger partial charge on any atom is -0.325 e. The van der Waals surface area contributed by atoms with Crippen LogP contribution in [-0.2, 0) is 4.79 Å². The molecular formula is C14H12N4OS3. The molecule has 1 N–H and O–H groups in total. The molecule has 0 saturated carbocycles. The third-order valence-corrected chi connectivity index (χ3v) is 5.36. The van der Waals surface area contributed by atoms with Gasteiger partial charge in [0.15, 0.2) is 4.34 Å². The molecule has 2 heterocycles. The van der Waals surface area contributed by atoms with E-state index in [1.165, 1.54) is 23.1 Å². The summed E-state index contributed by atoms with van der Waals surface area (Å²) < 4.78 is 0.793. The van der Waals surface area contributed by atoms with Gasteiger partial charge < -0.3 is 5.32 Å². The summed E-state index contributed by atoms with van der Waals surface area (Å²) in [5.74, 6) is 0.252. The molecule has 3 rings (SSSR count). The van der Waals surface area contributed by atoms with E-state index in [-0.39, 0.29) is 5.91 Å². The molecule has 2 aromatic heterocycles. The minimum absolute atomic E-state index is 0.0631. The summed E-state index contributed by atoms with van der Waals surface area (Å²) in [5, 5.41) is 13.6. The number of hydrogen-bond acceptors (Lipinski definition) is 7. The predicted octanol–water partition coefficient (Wildman–Crippen LogP) is 3.70. The molecule has 0 saturated heterocycles. The third-order valence-electron chi connectivity index (χ3n) is 2.73. The second-order valence-corrected chi connectivity index (χ2v) is 7.49. The number of nitrogens with one attached hydrogen (secondary N) is 1. The Morgan fingerprint density at radius 2 is 2.27 bits per heavy atom. The highest BCUT2D eigenvalue weighted by molar-refractivity contribution is 8.01. The van der Waals surface area contributed by atoms with E-state index in [0.29, 0.717) is 5.75 Å². The zero-order valence-electron chi connectivity index (χ0n) is 11.6. The second kappa shape index (κ2) is 6.99. The van der Waals surface area contributed by atoms with Crippen molar-refractivity contribution in [3.8, 4) is 11.3 Å². The Morgan fingerprint density at radius 1 is 1.36 bits per heavy atom. The van der Waals surface area contributed by atoms with Gasteiger partial charge in [-0.25, -0.2) is 4.98 Å².